The fourth-order valence-electron chi connectivity index (χ4n) is 2.06. The maximum absolute atomic E-state index is 12.5. The van der Waals surface area contributed by atoms with Crippen LogP contribution in [0.1, 0.15) is 36.3 Å². The van der Waals surface area contributed by atoms with Crippen molar-refractivity contribution in [1.82, 2.24) is 14.7 Å². The van der Waals surface area contributed by atoms with E-state index in [-0.39, 0.29) is 4.90 Å². The van der Waals surface area contributed by atoms with Crippen molar-refractivity contribution < 1.29 is 8.42 Å². The van der Waals surface area contributed by atoms with Crippen LogP contribution in [0.2, 0.25) is 0 Å². The second-order valence-electron chi connectivity index (χ2n) is 5.01. The van der Waals surface area contributed by atoms with Crippen LogP contribution in [0.4, 0.5) is 5.69 Å². The number of hydrogen-bond donors (Lipinski definition) is 3. The minimum absolute atomic E-state index is 0.174. The molecular weight excluding hydrogens is 288 g/mol. The molecule has 0 bridgehead atoms. The summed E-state index contributed by atoms with van der Waals surface area (Å²) in [6.45, 7) is 5.60. The molecule has 0 aliphatic heterocycles. The van der Waals surface area contributed by atoms with Crippen molar-refractivity contribution in [2.45, 2.75) is 38.1 Å². The lowest BCUT2D eigenvalue weighted by molar-refractivity contribution is 0.539. The molecule has 1 aromatic heterocycles. The van der Waals surface area contributed by atoms with Crippen LogP contribution in [0.15, 0.2) is 29.4 Å². The van der Waals surface area contributed by atoms with Gasteiger partial charge in [0.2, 0.25) is 10.0 Å². The van der Waals surface area contributed by atoms with Gasteiger partial charge in [-0.05, 0) is 43.5 Å². The molecular formula is C14H20N4O2S. The number of aromatic amines is 1. The van der Waals surface area contributed by atoms with Gasteiger partial charge in [-0.3, -0.25) is 0 Å². The van der Waals surface area contributed by atoms with Crippen LogP contribution in [0.3, 0.4) is 0 Å². The fourth-order valence-corrected chi connectivity index (χ4v) is 3.47. The lowest BCUT2D eigenvalue weighted by Gasteiger charge is -2.16. The van der Waals surface area contributed by atoms with E-state index in [0.717, 1.165) is 11.1 Å². The lowest BCUT2D eigenvalue weighted by atomic mass is 10.1. The molecule has 4 N–H and O–H groups in total. The van der Waals surface area contributed by atoms with Crippen molar-refractivity contribution in [3.05, 3.63) is 41.5 Å². The van der Waals surface area contributed by atoms with Gasteiger partial charge in [0.25, 0.3) is 0 Å². The quantitative estimate of drug-likeness (QED) is 0.736. The molecule has 0 aliphatic carbocycles. The summed E-state index contributed by atoms with van der Waals surface area (Å²) >= 11 is 0. The smallest absolute Gasteiger partial charge is 0.241 e. The topological polar surface area (TPSA) is 101 Å². The molecule has 1 aromatic carbocycles. The Morgan fingerprint density at radius 3 is 2.62 bits per heavy atom. The van der Waals surface area contributed by atoms with Crippen LogP contribution in [-0.4, -0.2) is 18.4 Å². The van der Waals surface area contributed by atoms with E-state index in [1.807, 2.05) is 20.8 Å². The van der Waals surface area contributed by atoms with Gasteiger partial charge in [0.15, 0.2) is 0 Å². The van der Waals surface area contributed by atoms with Gasteiger partial charge in [-0.25, -0.2) is 18.1 Å². The zero-order valence-electron chi connectivity index (χ0n) is 12.3. The molecule has 21 heavy (non-hydrogen) atoms. The maximum Gasteiger partial charge on any atom is 0.241 e. The molecule has 0 saturated carbocycles. The minimum atomic E-state index is -3.65. The highest BCUT2D eigenvalue weighted by molar-refractivity contribution is 7.89. The summed E-state index contributed by atoms with van der Waals surface area (Å²) in [5.74, 6) is 0.595. The third kappa shape index (κ3) is 3.25. The Morgan fingerprint density at radius 2 is 2.10 bits per heavy atom. The number of hydrogen-bond acceptors (Lipinski definition) is 4. The average molecular weight is 308 g/mol. The molecule has 7 heteroatoms. The van der Waals surface area contributed by atoms with Gasteiger partial charge in [0.05, 0.1) is 10.9 Å². The summed E-state index contributed by atoms with van der Waals surface area (Å²) in [4.78, 5) is 7.21. The predicted octanol–water partition coefficient (Wildman–Crippen LogP) is 2.04. The SMILES string of the molecule is CCC(NS(=O)(=O)c1cc(C)c(C)c(N)c1)c1ncc[nH]1. The largest absolute Gasteiger partial charge is 0.398 e. The van der Waals surface area contributed by atoms with Gasteiger partial charge >= 0.3 is 0 Å². The minimum Gasteiger partial charge on any atom is -0.398 e. The summed E-state index contributed by atoms with van der Waals surface area (Å²) in [5, 5.41) is 0. The number of benzene rings is 1. The van der Waals surface area contributed by atoms with E-state index in [2.05, 4.69) is 14.7 Å². The highest BCUT2D eigenvalue weighted by Crippen LogP contribution is 2.23. The Bertz CT molecular complexity index is 700. The van der Waals surface area contributed by atoms with Crippen molar-refractivity contribution in [3.63, 3.8) is 0 Å². The summed E-state index contributed by atoms with van der Waals surface area (Å²) in [6, 6.07) is 2.72. The van der Waals surface area contributed by atoms with Crippen LogP contribution in [0.5, 0.6) is 0 Å². The molecule has 114 valence electrons. The number of aromatic nitrogens is 2. The Kier molecular flexibility index (Phi) is 4.34. The van der Waals surface area contributed by atoms with Crippen LogP contribution < -0.4 is 10.5 Å². The number of imidazole rings is 1. The molecule has 0 aliphatic rings. The number of nitrogens with one attached hydrogen (secondary N) is 2. The van der Waals surface area contributed by atoms with Crippen LogP contribution in [0.25, 0.3) is 0 Å². The Balaban J connectivity index is 2.34. The molecule has 6 nitrogen and oxygen atoms in total. The molecule has 0 fully saturated rings. The van der Waals surface area contributed by atoms with Gasteiger partial charge in [0, 0.05) is 18.1 Å². The molecule has 0 saturated heterocycles. The number of nitrogens with zero attached hydrogens (tertiary/aromatic N) is 1. The van der Waals surface area contributed by atoms with E-state index in [9.17, 15) is 8.42 Å². The van der Waals surface area contributed by atoms with Gasteiger partial charge in [0.1, 0.15) is 5.82 Å². The van der Waals surface area contributed by atoms with Crippen molar-refractivity contribution in [2.75, 3.05) is 5.73 Å². The van der Waals surface area contributed by atoms with Crippen LogP contribution in [-0.2, 0) is 10.0 Å². The average Bonchev–Trinajstić information content (AvgIpc) is 2.95. The Labute approximate surface area is 124 Å². The van der Waals surface area contributed by atoms with Gasteiger partial charge < -0.3 is 10.7 Å². The normalized spacial score (nSPS) is 13.3. The first-order valence-electron chi connectivity index (χ1n) is 6.73. The van der Waals surface area contributed by atoms with Crippen molar-refractivity contribution >= 4 is 15.7 Å². The second-order valence-corrected chi connectivity index (χ2v) is 6.72. The van der Waals surface area contributed by atoms with E-state index in [1.165, 1.54) is 6.07 Å². The van der Waals surface area contributed by atoms with Gasteiger partial charge in [-0.2, -0.15) is 0 Å². The molecule has 0 amide bonds. The van der Waals surface area contributed by atoms with Gasteiger partial charge in [-0.1, -0.05) is 6.92 Å². The fraction of sp³-hybridized carbons (Fsp3) is 0.357. The molecule has 2 rings (SSSR count). The van der Waals surface area contributed by atoms with E-state index >= 15 is 0 Å². The Morgan fingerprint density at radius 1 is 1.38 bits per heavy atom. The van der Waals surface area contributed by atoms with E-state index in [1.54, 1.807) is 18.5 Å². The van der Waals surface area contributed by atoms with Crippen LogP contribution in [0, 0.1) is 13.8 Å². The monoisotopic (exact) mass is 308 g/mol. The number of rotatable bonds is 5. The highest BCUT2D eigenvalue weighted by Gasteiger charge is 2.22. The zero-order chi connectivity index (χ0) is 15.6. The second kappa shape index (κ2) is 5.87. The highest BCUT2D eigenvalue weighted by atomic mass is 32.2. The number of nitrogen functional groups attached to an aromatic ring is 1. The molecule has 1 unspecified atom stereocenters. The first kappa shape index (κ1) is 15.5. The zero-order valence-corrected chi connectivity index (χ0v) is 13.2. The first-order chi connectivity index (χ1) is 9.85. The summed E-state index contributed by atoms with van der Waals surface area (Å²) in [5.41, 5.74) is 8.08. The summed E-state index contributed by atoms with van der Waals surface area (Å²) in [7, 11) is -3.65. The van der Waals surface area contributed by atoms with Crippen molar-refractivity contribution in [1.29, 1.82) is 0 Å². The molecule has 2 aromatic rings. The van der Waals surface area contributed by atoms with E-state index in [4.69, 9.17) is 5.73 Å². The number of sulfonamides is 1. The maximum atomic E-state index is 12.5. The van der Waals surface area contributed by atoms with Crippen molar-refractivity contribution in [3.8, 4) is 0 Å². The number of nitrogens with two attached hydrogens (primary N) is 1. The predicted molar refractivity (Wildman–Crippen MR) is 82.3 cm³/mol. The summed E-state index contributed by atoms with van der Waals surface area (Å²) in [6.07, 6.45) is 3.85. The Hall–Kier alpha value is -1.86. The third-order valence-corrected chi connectivity index (χ3v) is 5.00. The van der Waals surface area contributed by atoms with Crippen molar-refractivity contribution in [2.24, 2.45) is 0 Å². The standard InChI is InChI=1S/C14H20N4O2S/c1-4-13(14-16-5-6-17-14)18-21(19,20)11-7-9(2)10(3)12(15)8-11/h5-8,13,18H,4,15H2,1-3H3,(H,16,17). The first-order valence-corrected chi connectivity index (χ1v) is 8.21. The lowest BCUT2D eigenvalue weighted by Crippen LogP contribution is -2.29. The third-order valence-electron chi connectivity index (χ3n) is 3.55. The van der Waals surface area contributed by atoms with Crippen LogP contribution >= 0.6 is 0 Å². The number of anilines is 1. The van der Waals surface area contributed by atoms with E-state index in [0.29, 0.717) is 17.9 Å². The summed E-state index contributed by atoms with van der Waals surface area (Å²) < 4.78 is 27.7. The van der Waals surface area contributed by atoms with Gasteiger partial charge in [-0.15, -0.1) is 0 Å². The molecule has 0 radical (unpaired) electrons. The molecule has 0 spiro atoms. The van der Waals surface area contributed by atoms with E-state index < -0.39 is 16.1 Å². The number of aryl methyl sites for hydroxylation is 1. The molecule has 1 heterocycles. The number of H-pyrrole nitrogens is 1. The molecule has 1 atom stereocenters.